The van der Waals surface area contributed by atoms with E-state index in [0.717, 1.165) is 42.0 Å². The Labute approximate surface area is 144 Å². The molecule has 2 nitrogen and oxygen atoms in total. The Bertz CT molecular complexity index is 713. The zero-order valence-electron chi connectivity index (χ0n) is 13.2. The highest BCUT2D eigenvalue weighted by molar-refractivity contribution is 6.30. The van der Waals surface area contributed by atoms with Gasteiger partial charge in [0.05, 0.1) is 11.6 Å². The molecular weight excluding hydrogens is 337 g/mol. The van der Waals surface area contributed by atoms with Gasteiger partial charge in [-0.1, -0.05) is 23.7 Å². The van der Waals surface area contributed by atoms with Crippen LogP contribution in [0, 0.1) is 6.92 Å². The third-order valence-electron chi connectivity index (χ3n) is 4.33. The lowest BCUT2D eigenvalue weighted by molar-refractivity contribution is -0.137. The van der Waals surface area contributed by atoms with E-state index >= 15 is 0 Å². The summed E-state index contributed by atoms with van der Waals surface area (Å²) in [5.74, 6) is 0. The first-order valence-corrected chi connectivity index (χ1v) is 8.15. The molecule has 3 rings (SSSR count). The summed E-state index contributed by atoms with van der Waals surface area (Å²) in [6.07, 6.45) is -4.31. The van der Waals surface area contributed by atoms with E-state index in [0.29, 0.717) is 11.6 Å². The largest absolute Gasteiger partial charge is 0.416 e. The van der Waals surface area contributed by atoms with Crippen LogP contribution in [-0.2, 0) is 6.18 Å². The summed E-state index contributed by atoms with van der Waals surface area (Å²) in [6.45, 7) is 4.30. The number of nitrogens with zero attached hydrogens (tertiary/aromatic N) is 1. The number of benzene rings is 2. The maximum absolute atomic E-state index is 12.8. The van der Waals surface area contributed by atoms with Crippen molar-refractivity contribution in [1.29, 1.82) is 0 Å². The summed E-state index contributed by atoms with van der Waals surface area (Å²) in [5.41, 5.74) is 2.36. The average molecular weight is 355 g/mol. The van der Waals surface area contributed by atoms with Crippen LogP contribution >= 0.6 is 11.6 Å². The topological polar surface area (TPSA) is 15.3 Å². The zero-order valence-corrected chi connectivity index (χ0v) is 14.0. The molecular formula is C18H18ClF3N2. The van der Waals surface area contributed by atoms with E-state index in [1.165, 1.54) is 0 Å². The van der Waals surface area contributed by atoms with Gasteiger partial charge < -0.3 is 10.2 Å². The quantitative estimate of drug-likeness (QED) is 0.832. The third kappa shape index (κ3) is 3.52. The third-order valence-corrected chi connectivity index (χ3v) is 4.57. The van der Waals surface area contributed by atoms with E-state index in [9.17, 15) is 13.2 Å². The zero-order chi connectivity index (χ0) is 17.3. The van der Waals surface area contributed by atoms with Crippen LogP contribution in [0.15, 0.2) is 42.5 Å². The second-order valence-corrected chi connectivity index (χ2v) is 6.40. The molecule has 1 atom stereocenters. The van der Waals surface area contributed by atoms with Gasteiger partial charge in [-0.2, -0.15) is 13.2 Å². The van der Waals surface area contributed by atoms with Crippen LogP contribution in [0.4, 0.5) is 18.9 Å². The Morgan fingerprint density at radius 1 is 1.12 bits per heavy atom. The first kappa shape index (κ1) is 17.1. The fraction of sp³-hybridized carbons (Fsp3) is 0.333. The molecule has 0 radical (unpaired) electrons. The van der Waals surface area contributed by atoms with Gasteiger partial charge in [0, 0.05) is 30.3 Å². The molecule has 1 aliphatic heterocycles. The molecule has 0 aromatic heterocycles. The second kappa shape index (κ2) is 6.65. The number of piperazine rings is 1. The van der Waals surface area contributed by atoms with Gasteiger partial charge in [-0.05, 0) is 48.4 Å². The number of nitrogens with one attached hydrogen (secondary N) is 1. The van der Waals surface area contributed by atoms with Crippen molar-refractivity contribution >= 4 is 17.3 Å². The minimum atomic E-state index is -4.31. The fourth-order valence-corrected chi connectivity index (χ4v) is 3.35. The summed E-state index contributed by atoms with van der Waals surface area (Å²) < 4.78 is 38.3. The van der Waals surface area contributed by atoms with Crippen LogP contribution < -0.4 is 10.2 Å². The van der Waals surface area contributed by atoms with Gasteiger partial charge in [-0.3, -0.25) is 0 Å². The van der Waals surface area contributed by atoms with E-state index in [1.54, 1.807) is 12.1 Å². The Morgan fingerprint density at radius 3 is 2.46 bits per heavy atom. The summed E-state index contributed by atoms with van der Waals surface area (Å²) in [6, 6.07) is 11.1. The Morgan fingerprint density at radius 2 is 1.83 bits per heavy atom. The van der Waals surface area contributed by atoms with Crippen molar-refractivity contribution in [3.63, 3.8) is 0 Å². The molecule has 6 heteroatoms. The van der Waals surface area contributed by atoms with Crippen LogP contribution in [0.5, 0.6) is 0 Å². The minimum absolute atomic E-state index is 0.0130. The molecule has 2 aromatic carbocycles. The first-order valence-electron chi connectivity index (χ1n) is 7.77. The normalized spacial score (nSPS) is 18.7. The van der Waals surface area contributed by atoms with Crippen molar-refractivity contribution < 1.29 is 13.2 Å². The molecule has 2 aromatic rings. The van der Waals surface area contributed by atoms with Crippen LogP contribution in [0.3, 0.4) is 0 Å². The molecule has 0 saturated carbocycles. The molecule has 0 amide bonds. The van der Waals surface area contributed by atoms with Gasteiger partial charge in [0.15, 0.2) is 0 Å². The molecule has 24 heavy (non-hydrogen) atoms. The fourth-order valence-electron chi connectivity index (χ4n) is 3.13. The number of rotatable bonds is 2. The van der Waals surface area contributed by atoms with E-state index in [2.05, 4.69) is 10.2 Å². The predicted molar refractivity (Wildman–Crippen MR) is 90.6 cm³/mol. The maximum Gasteiger partial charge on any atom is 0.416 e. The van der Waals surface area contributed by atoms with E-state index in [1.807, 2.05) is 25.1 Å². The maximum atomic E-state index is 12.8. The van der Waals surface area contributed by atoms with Crippen molar-refractivity contribution in [2.45, 2.75) is 19.1 Å². The lowest BCUT2D eigenvalue weighted by atomic mass is 10.00. The lowest BCUT2D eigenvalue weighted by Gasteiger charge is -2.39. The lowest BCUT2D eigenvalue weighted by Crippen LogP contribution is -2.46. The van der Waals surface area contributed by atoms with Gasteiger partial charge in [-0.25, -0.2) is 0 Å². The SMILES string of the molecule is Cc1cc(Cl)ccc1N1CCNCC1c1ccc(C(F)(F)F)cc1. The van der Waals surface area contributed by atoms with Gasteiger partial charge in [0.1, 0.15) is 0 Å². The van der Waals surface area contributed by atoms with Crippen LogP contribution in [0.2, 0.25) is 5.02 Å². The highest BCUT2D eigenvalue weighted by atomic mass is 35.5. The molecule has 0 bridgehead atoms. The average Bonchev–Trinajstić information content (AvgIpc) is 2.54. The standard InChI is InChI=1S/C18H18ClF3N2/c1-12-10-15(19)6-7-16(12)24-9-8-23-11-17(24)13-2-4-14(5-3-13)18(20,21)22/h2-7,10,17,23H,8-9,11H2,1H3. The van der Waals surface area contributed by atoms with Crippen molar-refractivity contribution in [3.05, 3.63) is 64.2 Å². The number of hydrogen-bond donors (Lipinski definition) is 1. The number of aryl methyl sites for hydroxylation is 1. The molecule has 1 fully saturated rings. The van der Waals surface area contributed by atoms with Crippen molar-refractivity contribution in [1.82, 2.24) is 5.32 Å². The molecule has 128 valence electrons. The number of anilines is 1. The molecule has 1 aliphatic rings. The van der Waals surface area contributed by atoms with Gasteiger partial charge >= 0.3 is 6.18 Å². The molecule has 1 heterocycles. The summed E-state index contributed by atoms with van der Waals surface area (Å²) in [4.78, 5) is 2.23. The number of halogens is 4. The van der Waals surface area contributed by atoms with E-state index in [-0.39, 0.29) is 6.04 Å². The van der Waals surface area contributed by atoms with Crippen molar-refractivity contribution in [2.75, 3.05) is 24.5 Å². The van der Waals surface area contributed by atoms with Crippen LogP contribution in [-0.4, -0.2) is 19.6 Å². The summed E-state index contributed by atoms with van der Waals surface area (Å²) >= 11 is 6.03. The van der Waals surface area contributed by atoms with Gasteiger partial charge in [0.25, 0.3) is 0 Å². The highest BCUT2D eigenvalue weighted by Gasteiger charge is 2.31. The molecule has 1 N–H and O–H groups in total. The Kier molecular flexibility index (Phi) is 4.74. The van der Waals surface area contributed by atoms with Crippen molar-refractivity contribution in [2.24, 2.45) is 0 Å². The van der Waals surface area contributed by atoms with E-state index < -0.39 is 11.7 Å². The van der Waals surface area contributed by atoms with E-state index in [4.69, 9.17) is 11.6 Å². The predicted octanol–water partition coefficient (Wildman–Crippen LogP) is 4.82. The number of hydrogen-bond acceptors (Lipinski definition) is 2. The Balaban J connectivity index is 1.92. The van der Waals surface area contributed by atoms with Gasteiger partial charge in [-0.15, -0.1) is 0 Å². The summed E-state index contributed by atoms with van der Waals surface area (Å²) in [7, 11) is 0. The molecule has 1 unspecified atom stereocenters. The molecule has 0 aliphatic carbocycles. The first-order chi connectivity index (χ1) is 11.4. The minimum Gasteiger partial charge on any atom is -0.362 e. The summed E-state index contributed by atoms with van der Waals surface area (Å²) in [5, 5.41) is 4.00. The highest BCUT2D eigenvalue weighted by Crippen LogP contribution is 2.34. The smallest absolute Gasteiger partial charge is 0.362 e. The van der Waals surface area contributed by atoms with Crippen LogP contribution in [0.25, 0.3) is 0 Å². The van der Waals surface area contributed by atoms with Gasteiger partial charge in [0.2, 0.25) is 0 Å². The molecule has 1 saturated heterocycles. The molecule has 0 spiro atoms. The van der Waals surface area contributed by atoms with Crippen LogP contribution in [0.1, 0.15) is 22.7 Å². The van der Waals surface area contributed by atoms with Crippen molar-refractivity contribution in [3.8, 4) is 0 Å². The number of alkyl halides is 3. The second-order valence-electron chi connectivity index (χ2n) is 5.96. The monoisotopic (exact) mass is 354 g/mol. The Hall–Kier alpha value is -1.72.